The van der Waals surface area contributed by atoms with Gasteiger partial charge in [0.15, 0.2) is 0 Å². The first kappa shape index (κ1) is 18.8. The number of aromatic nitrogens is 1. The molecule has 1 fully saturated rings. The van der Waals surface area contributed by atoms with E-state index < -0.39 is 0 Å². The van der Waals surface area contributed by atoms with Gasteiger partial charge in [-0.25, -0.2) is 0 Å². The average Bonchev–Trinajstić information content (AvgIpc) is 2.61. The van der Waals surface area contributed by atoms with Gasteiger partial charge in [0, 0.05) is 25.0 Å². The Kier molecular flexibility index (Phi) is 7.54. The van der Waals surface area contributed by atoms with Crippen molar-refractivity contribution in [3.8, 4) is 5.75 Å². The molecule has 0 aliphatic carbocycles. The summed E-state index contributed by atoms with van der Waals surface area (Å²) in [5.41, 5.74) is 2.67. The van der Waals surface area contributed by atoms with Gasteiger partial charge in [-0.05, 0) is 55.1 Å². The third-order valence-electron chi connectivity index (χ3n) is 4.44. The van der Waals surface area contributed by atoms with Crippen LogP contribution in [-0.4, -0.2) is 23.0 Å². The van der Waals surface area contributed by atoms with Crippen molar-refractivity contribution in [3.05, 3.63) is 59.9 Å². The van der Waals surface area contributed by atoms with Crippen molar-refractivity contribution in [2.24, 2.45) is 0 Å². The molecule has 130 valence electrons. The fraction of sp³-hybridized carbons (Fsp3) is 0.450. The maximum Gasteiger partial charge on any atom is 0.119 e. The van der Waals surface area contributed by atoms with Gasteiger partial charge >= 0.3 is 0 Å². The SMILES string of the molecule is CCCOc1cccc(CN2CCCC[C@@H]2c2cccnc2)c1.Cl. The number of pyridine rings is 1. The van der Waals surface area contributed by atoms with Gasteiger partial charge in [0.25, 0.3) is 0 Å². The summed E-state index contributed by atoms with van der Waals surface area (Å²) in [6, 6.07) is 13.3. The molecule has 0 unspecified atom stereocenters. The highest BCUT2D eigenvalue weighted by molar-refractivity contribution is 5.85. The second-order valence-corrected chi connectivity index (χ2v) is 6.26. The van der Waals surface area contributed by atoms with E-state index in [1.165, 1.54) is 30.4 Å². The summed E-state index contributed by atoms with van der Waals surface area (Å²) in [6.07, 6.45) is 8.71. The molecule has 0 N–H and O–H groups in total. The summed E-state index contributed by atoms with van der Waals surface area (Å²) in [5, 5.41) is 0. The van der Waals surface area contributed by atoms with E-state index in [0.717, 1.165) is 31.9 Å². The van der Waals surface area contributed by atoms with Crippen LogP contribution in [0.3, 0.4) is 0 Å². The van der Waals surface area contributed by atoms with Crippen LogP contribution in [0.1, 0.15) is 49.8 Å². The molecule has 1 aromatic heterocycles. The topological polar surface area (TPSA) is 25.4 Å². The predicted octanol–water partition coefficient (Wildman–Crippen LogP) is 5.02. The minimum atomic E-state index is 0. The lowest BCUT2D eigenvalue weighted by molar-refractivity contribution is 0.140. The number of hydrogen-bond donors (Lipinski definition) is 0. The zero-order chi connectivity index (χ0) is 15.9. The Morgan fingerprint density at radius 2 is 2.12 bits per heavy atom. The number of nitrogens with zero attached hydrogens (tertiary/aromatic N) is 2. The van der Waals surface area contributed by atoms with Gasteiger partial charge < -0.3 is 4.74 Å². The molecule has 4 heteroatoms. The summed E-state index contributed by atoms with van der Waals surface area (Å²) in [5.74, 6) is 0.985. The fourth-order valence-corrected chi connectivity index (χ4v) is 3.32. The van der Waals surface area contributed by atoms with Crippen LogP contribution in [-0.2, 0) is 6.54 Å². The fourth-order valence-electron chi connectivity index (χ4n) is 3.32. The Bertz CT molecular complexity index is 606. The Labute approximate surface area is 151 Å². The van der Waals surface area contributed by atoms with Crippen molar-refractivity contribution in [1.82, 2.24) is 9.88 Å². The molecule has 1 saturated heterocycles. The second kappa shape index (κ2) is 9.65. The van der Waals surface area contributed by atoms with Crippen LogP contribution >= 0.6 is 12.4 Å². The van der Waals surface area contributed by atoms with Crippen LogP contribution in [0.5, 0.6) is 5.75 Å². The van der Waals surface area contributed by atoms with E-state index >= 15 is 0 Å². The van der Waals surface area contributed by atoms with E-state index in [4.69, 9.17) is 4.74 Å². The molecule has 1 aromatic carbocycles. The minimum Gasteiger partial charge on any atom is -0.494 e. The lowest BCUT2D eigenvalue weighted by Gasteiger charge is -2.36. The molecule has 1 atom stereocenters. The highest BCUT2D eigenvalue weighted by Gasteiger charge is 2.24. The largest absolute Gasteiger partial charge is 0.494 e. The Morgan fingerprint density at radius 3 is 2.92 bits per heavy atom. The molecular formula is C20H27ClN2O. The maximum absolute atomic E-state index is 5.77. The van der Waals surface area contributed by atoms with Gasteiger partial charge in [-0.1, -0.05) is 31.5 Å². The van der Waals surface area contributed by atoms with Gasteiger partial charge in [0.1, 0.15) is 5.75 Å². The van der Waals surface area contributed by atoms with Gasteiger partial charge in [-0.3, -0.25) is 9.88 Å². The van der Waals surface area contributed by atoms with Crippen molar-refractivity contribution in [2.45, 2.75) is 45.2 Å². The Hall–Kier alpha value is -1.58. The number of ether oxygens (including phenoxy) is 1. The summed E-state index contributed by atoms with van der Waals surface area (Å²) in [4.78, 5) is 6.89. The highest BCUT2D eigenvalue weighted by atomic mass is 35.5. The Morgan fingerprint density at radius 1 is 1.21 bits per heavy atom. The predicted molar refractivity (Wildman–Crippen MR) is 101 cm³/mol. The monoisotopic (exact) mass is 346 g/mol. The molecule has 0 bridgehead atoms. The summed E-state index contributed by atoms with van der Waals surface area (Å²) in [7, 11) is 0. The Balaban J connectivity index is 0.00000208. The van der Waals surface area contributed by atoms with Gasteiger partial charge in [-0.15, -0.1) is 12.4 Å². The van der Waals surface area contributed by atoms with Crippen LogP contribution in [0.2, 0.25) is 0 Å². The lowest BCUT2D eigenvalue weighted by Crippen LogP contribution is -2.32. The summed E-state index contributed by atoms with van der Waals surface area (Å²) < 4.78 is 5.77. The van der Waals surface area contributed by atoms with E-state index in [1.54, 1.807) is 0 Å². The van der Waals surface area contributed by atoms with Crippen molar-refractivity contribution in [2.75, 3.05) is 13.2 Å². The zero-order valence-corrected chi connectivity index (χ0v) is 15.2. The van der Waals surface area contributed by atoms with Crippen molar-refractivity contribution < 1.29 is 4.74 Å². The smallest absolute Gasteiger partial charge is 0.119 e. The van der Waals surface area contributed by atoms with Crippen molar-refractivity contribution in [3.63, 3.8) is 0 Å². The molecule has 2 heterocycles. The van der Waals surface area contributed by atoms with Crippen LogP contribution in [0, 0.1) is 0 Å². The van der Waals surface area contributed by atoms with Crippen molar-refractivity contribution >= 4 is 12.4 Å². The summed E-state index contributed by atoms with van der Waals surface area (Å²) in [6.45, 7) is 5.05. The number of piperidine rings is 1. The molecule has 1 aliphatic rings. The van der Waals surface area contributed by atoms with E-state index in [2.05, 4.69) is 41.1 Å². The van der Waals surface area contributed by atoms with Crippen molar-refractivity contribution in [1.29, 1.82) is 0 Å². The number of likely N-dealkylation sites (tertiary alicyclic amines) is 1. The zero-order valence-electron chi connectivity index (χ0n) is 14.4. The minimum absolute atomic E-state index is 0. The van der Waals surface area contributed by atoms with Crippen LogP contribution in [0.4, 0.5) is 0 Å². The van der Waals surface area contributed by atoms with Crippen LogP contribution in [0.25, 0.3) is 0 Å². The highest BCUT2D eigenvalue weighted by Crippen LogP contribution is 2.32. The first-order valence-corrected chi connectivity index (χ1v) is 8.72. The molecule has 0 spiro atoms. The number of benzene rings is 1. The van der Waals surface area contributed by atoms with Crippen LogP contribution in [0.15, 0.2) is 48.8 Å². The lowest BCUT2D eigenvalue weighted by atomic mass is 9.96. The molecule has 0 radical (unpaired) electrons. The number of hydrogen-bond acceptors (Lipinski definition) is 3. The summed E-state index contributed by atoms with van der Waals surface area (Å²) >= 11 is 0. The first-order chi connectivity index (χ1) is 11.4. The third kappa shape index (κ3) is 4.96. The molecule has 3 nitrogen and oxygen atoms in total. The van der Waals surface area contributed by atoms with E-state index in [-0.39, 0.29) is 12.4 Å². The molecule has 24 heavy (non-hydrogen) atoms. The van der Waals surface area contributed by atoms with Gasteiger partial charge in [0.2, 0.25) is 0 Å². The van der Waals surface area contributed by atoms with E-state index in [9.17, 15) is 0 Å². The molecular weight excluding hydrogens is 320 g/mol. The number of rotatable bonds is 6. The van der Waals surface area contributed by atoms with Crippen LogP contribution < -0.4 is 4.74 Å². The van der Waals surface area contributed by atoms with Gasteiger partial charge in [-0.2, -0.15) is 0 Å². The normalized spacial score (nSPS) is 18.0. The van der Waals surface area contributed by atoms with E-state index in [1.807, 2.05) is 24.5 Å². The quantitative estimate of drug-likeness (QED) is 0.734. The second-order valence-electron chi connectivity index (χ2n) is 6.26. The molecule has 1 aliphatic heterocycles. The molecule has 0 saturated carbocycles. The third-order valence-corrected chi connectivity index (χ3v) is 4.44. The average molecular weight is 347 g/mol. The number of halogens is 1. The maximum atomic E-state index is 5.77. The molecule has 2 aromatic rings. The molecule has 3 rings (SSSR count). The first-order valence-electron chi connectivity index (χ1n) is 8.72. The standard InChI is InChI=1S/C20H26N2O.ClH/c1-2-13-23-19-9-5-7-17(14-19)16-22-12-4-3-10-20(22)18-8-6-11-21-15-18;/h5-9,11,14-15,20H,2-4,10,12-13,16H2,1H3;1H/t20-;/m1./s1. The van der Waals surface area contributed by atoms with Gasteiger partial charge in [0.05, 0.1) is 6.61 Å². The molecule has 0 amide bonds. The van der Waals surface area contributed by atoms with E-state index in [0.29, 0.717) is 6.04 Å².